The number of thioether (sulfide) groups is 1. The molecule has 3 rings (SSSR count). The van der Waals surface area contributed by atoms with E-state index in [-0.39, 0.29) is 10.7 Å². The van der Waals surface area contributed by atoms with Gasteiger partial charge in [-0.1, -0.05) is 33.6 Å². The van der Waals surface area contributed by atoms with E-state index in [2.05, 4.69) is 21.2 Å². The zero-order valence-electron chi connectivity index (χ0n) is 16.3. The first kappa shape index (κ1) is 22.6. The molecule has 1 aliphatic heterocycles. The van der Waals surface area contributed by atoms with Crippen molar-refractivity contribution in [1.82, 2.24) is 4.90 Å². The minimum Gasteiger partial charge on any atom is -0.481 e. The molecule has 0 aliphatic carbocycles. The topological polar surface area (TPSA) is 113 Å². The second-order valence-corrected chi connectivity index (χ2v) is 8.46. The van der Waals surface area contributed by atoms with Crippen LogP contribution in [0.4, 0.5) is 10.5 Å². The van der Waals surface area contributed by atoms with E-state index in [1.807, 2.05) is 19.1 Å². The molecule has 0 bridgehead atoms. The molecule has 2 N–H and O–H groups in total. The fourth-order valence-electron chi connectivity index (χ4n) is 2.66. The molecule has 0 unspecified atom stereocenters. The molecule has 0 saturated carbocycles. The number of benzene rings is 2. The molecule has 8 nitrogen and oxygen atoms in total. The third kappa shape index (κ3) is 5.96. The minimum absolute atomic E-state index is 0.103. The number of anilines is 1. The van der Waals surface area contributed by atoms with Gasteiger partial charge in [-0.3, -0.25) is 19.3 Å². The van der Waals surface area contributed by atoms with Crippen molar-refractivity contribution >= 4 is 62.5 Å². The Kier molecular flexibility index (Phi) is 7.13. The van der Waals surface area contributed by atoms with Gasteiger partial charge in [0.15, 0.2) is 6.61 Å². The zero-order chi connectivity index (χ0) is 22.5. The van der Waals surface area contributed by atoms with E-state index in [0.29, 0.717) is 27.5 Å². The van der Waals surface area contributed by atoms with E-state index in [0.717, 1.165) is 10.5 Å². The molecule has 31 heavy (non-hydrogen) atoms. The molecular formula is C21H17BrN2O6S. The number of carboxylic acid groups (broad SMARTS) is 1. The van der Waals surface area contributed by atoms with E-state index in [9.17, 15) is 19.2 Å². The SMILES string of the molecule is Cc1ccc(NC(=O)CN2C(=O)S/C(=C/c3cc(Br)ccc3OCC(=O)O)C2=O)cc1. The summed E-state index contributed by atoms with van der Waals surface area (Å²) in [6, 6.07) is 12.0. The lowest BCUT2D eigenvalue weighted by Crippen LogP contribution is -2.36. The molecule has 0 radical (unpaired) electrons. The first-order valence-electron chi connectivity index (χ1n) is 8.99. The van der Waals surface area contributed by atoms with Gasteiger partial charge in [0.1, 0.15) is 12.3 Å². The van der Waals surface area contributed by atoms with E-state index in [1.54, 1.807) is 30.3 Å². The lowest BCUT2D eigenvalue weighted by atomic mass is 10.2. The third-order valence-electron chi connectivity index (χ3n) is 4.12. The molecule has 3 amide bonds. The van der Waals surface area contributed by atoms with Crippen molar-refractivity contribution in [1.29, 1.82) is 0 Å². The summed E-state index contributed by atoms with van der Waals surface area (Å²) in [5.41, 5.74) is 2.02. The predicted molar refractivity (Wildman–Crippen MR) is 120 cm³/mol. The highest BCUT2D eigenvalue weighted by Crippen LogP contribution is 2.34. The molecule has 1 heterocycles. The van der Waals surface area contributed by atoms with Gasteiger partial charge >= 0.3 is 5.97 Å². The highest BCUT2D eigenvalue weighted by atomic mass is 79.9. The number of ether oxygens (including phenoxy) is 1. The lowest BCUT2D eigenvalue weighted by molar-refractivity contribution is -0.139. The van der Waals surface area contributed by atoms with Gasteiger partial charge in [-0.25, -0.2) is 4.79 Å². The maximum Gasteiger partial charge on any atom is 0.341 e. The Labute approximate surface area is 190 Å². The zero-order valence-corrected chi connectivity index (χ0v) is 18.7. The first-order valence-corrected chi connectivity index (χ1v) is 10.6. The van der Waals surface area contributed by atoms with E-state index >= 15 is 0 Å². The van der Waals surface area contributed by atoms with Gasteiger partial charge in [0.25, 0.3) is 11.1 Å². The number of carbonyl (C=O) groups is 4. The summed E-state index contributed by atoms with van der Waals surface area (Å²) >= 11 is 4.01. The summed E-state index contributed by atoms with van der Waals surface area (Å²) in [7, 11) is 0. The van der Waals surface area contributed by atoms with Crippen molar-refractivity contribution in [2.24, 2.45) is 0 Å². The third-order valence-corrected chi connectivity index (χ3v) is 5.52. The molecule has 2 aromatic carbocycles. The Morgan fingerprint density at radius 1 is 1.19 bits per heavy atom. The smallest absolute Gasteiger partial charge is 0.341 e. The molecule has 0 spiro atoms. The van der Waals surface area contributed by atoms with E-state index in [1.165, 1.54) is 6.08 Å². The maximum atomic E-state index is 12.7. The largest absolute Gasteiger partial charge is 0.481 e. The van der Waals surface area contributed by atoms with Gasteiger partial charge in [0.05, 0.1) is 4.91 Å². The first-order chi connectivity index (χ1) is 14.7. The minimum atomic E-state index is -1.14. The predicted octanol–water partition coefficient (Wildman–Crippen LogP) is 3.90. The summed E-state index contributed by atoms with van der Waals surface area (Å²) in [6.45, 7) is 0.946. The molecule has 2 aromatic rings. The molecule has 160 valence electrons. The van der Waals surface area contributed by atoms with Gasteiger partial charge in [-0.05, 0) is 55.1 Å². The number of hydrogen-bond acceptors (Lipinski definition) is 6. The fourth-order valence-corrected chi connectivity index (χ4v) is 3.87. The molecule has 1 fully saturated rings. The average Bonchev–Trinajstić information content (AvgIpc) is 2.96. The van der Waals surface area contributed by atoms with E-state index in [4.69, 9.17) is 9.84 Å². The number of carboxylic acids is 1. The fraction of sp³-hybridized carbons (Fsp3) is 0.143. The van der Waals surface area contributed by atoms with Crippen LogP contribution in [0, 0.1) is 6.92 Å². The number of halogens is 1. The average molecular weight is 505 g/mol. The van der Waals surface area contributed by atoms with Crippen LogP contribution in [-0.2, 0) is 14.4 Å². The maximum absolute atomic E-state index is 12.7. The van der Waals surface area contributed by atoms with Crippen LogP contribution >= 0.6 is 27.7 Å². The van der Waals surface area contributed by atoms with Crippen LogP contribution in [0.15, 0.2) is 51.8 Å². The number of imide groups is 1. The number of rotatable bonds is 7. The molecule has 1 saturated heterocycles. The number of nitrogens with zero attached hydrogens (tertiary/aromatic N) is 1. The highest BCUT2D eigenvalue weighted by Gasteiger charge is 2.36. The normalized spacial score (nSPS) is 14.8. The highest BCUT2D eigenvalue weighted by molar-refractivity contribution is 9.10. The van der Waals surface area contributed by atoms with Crippen molar-refractivity contribution in [3.63, 3.8) is 0 Å². The van der Waals surface area contributed by atoms with Crippen molar-refractivity contribution in [3.05, 3.63) is 63.0 Å². The molecule has 10 heteroatoms. The number of amides is 3. The standard InChI is InChI=1S/C21H17BrN2O6S/c1-12-2-5-15(6-3-12)23-18(25)10-24-20(28)17(31-21(24)29)9-13-8-14(22)4-7-16(13)30-11-19(26)27/h2-9H,10-11H2,1H3,(H,23,25)(H,26,27)/b17-9+. The Morgan fingerprint density at radius 3 is 2.58 bits per heavy atom. The molecule has 0 atom stereocenters. The number of nitrogens with one attached hydrogen (secondary N) is 1. The summed E-state index contributed by atoms with van der Waals surface area (Å²) in [5, 5.41) is 10.9. The van der Waals surface area contributed by atoms with Crippen LogP contribution in [0.2, 0.25) is 0 Å². The van der Waals surface area contributed by atoms with Gasteiger partial charge in [0.2, 0.25) is 5.91 Å². The van der Waals surface area contributed by atoms with E-state index < -0.39 is 36.2 Å². The summed E-state index contributed by atoms with van der Waals surface area (Å²) in [4.78, 5) is 49.1. The van der Waals surface area contributed by atoms with Crippen LogP contribution in [0.25, 0.3) is 6.08 Å². The lowest BCUT2D eigenvalue weighted by Gasteiger charge is -2.12. The van der Waals surface area contributed by atoms with Gasteiger partial charge in [0, 0.05) is 15.7 Å². The van der Waals surface area contributed by atoms with Crippen molar-refractivity contribution in [2.75, 3.05) is 18.5 Å². The number of aryl methyl sites for hydroxylation is 1. The quantitative estimate of drug-likeness (QED) is 0.549. The van der Waals surface area contributed by atoms with Gasteiger partial charge in [-0.15, -0.1) is 0 Å². The molecule has 1 aliphatic rings. The van der Waals surface area contributed by atoms with Crippen LogP contribution in [0.5, 0.6) is 5.75 Å². The van der Waals surface area contributed by atoms with Crippen molar-refractivity contribution in [2.45, 2.75) is 6.92 Å². The van der Waals surface area contributed by atoms with Crippen LogP contribution in [0.1, 0.15) is 11.1 Å². The second kappa shape index (κ2) is 9.80. The second-order valence-electron chi connectivity index (χ2n) is 6.55. The number of carbonyl (C=O) groups excluding carboxylic acids is 3. The molecule has 0 aromatic heterocycles. The number of aliphatic carboxylic acids is 1. The van der Waals surface area contributed by atoms with Crippen LogP contribution < -0.4 is 10.1 Å². The summed E-state index contributed by atoms with van der Waals surface area (Å²) in [6.07, 6.45) is 1.44. The Balaban J connectivity index is 1.74. The Hall–Kier alpha value is -3.11. The summed E-state index contributed by atoms with van der Waals surface area (Å²) in [5.74, 6) is -2.01. The van der Waals surface area contributed by atoms with Gasteiger partial charge < -0.3 is 15.2 Å². The van der Waals surface area contributed by atoms with Crippen LogP contribution in [-0.4, -0.2) is 46.2 Å². The van der Waals surface area contributed by atoms with Crippen molar-refractivity contribution in [3.8, 4) is 5.75 Å². The van der Waals surface area contributed by atoms with Crippen LogP contribution in [0.3, 0.4) is 0 Å². The van der Waals surface area contributed by atoms with Crippen molar-refractivity contribution < 1.29 is 29.0 Å². The Morgan fingerprint density at radius 2 is 1.90 bits per heavy atom. The van der Waals surface area contributed by atoms with Gasteiger partial charge in [-0.2, -0.15) is 0 Å². The molecular weight excluding hydrogens is 488 g/mol. The monoisotopic (exact) mass is 504 g/mol. The Bertz CT molecular complexity index is 1080. The number of hydrogen-bond donors (Lipinski definition) is 2. The summed E-state index contributed by atoms with van der Waals surface area (Å²) < 4.78 is 5.92.